The number of rotatable bonds is 7. The van der Waals surface area contributed by atoms with Crippen LogP contribution in [0.1, 0.15) is 35.9 Å². The molecule has 1 aromatic carbocycles. The second kappa shape index (κ2) is 8.48. The number of carbonyl (C=O) groups is 1. The van der Waals surface area contributed by atoms with Gasteiger partial charge in [0.1, 0.15) is 18.4 Å². The maximum atomic E-state index is 12.3. The molecule has 2 N–H and O–H groups in total. The molecule has 0 aliphatic carbocycles. The Hall–Kier alpha value is -3.16. The lowest BCUT2D eigenvalue weighted by Gasteiger charge is -2.13. The molecule has 0 unspecified atom stereocenters. The van der Waals surface area contributed by atoms with Crippen LogP contribution in [0.15, 0.2) is 35.4 Å². The van der Waals surface area contributed by atoms with E-state index < -0.39 is 0 Å². The second-order valence-corrected chi connectivity index (χ2v) is 6.35. The van der Waals surface area contributed by atoms with Gasteiger partial charge >= 0.3 is 6.03 Å². The lowest BCUT2D eigenvalue weighted by atomic mass is 10.1. The van der Waals surface area contributed by atoms with Gasteiger partial charge in [-0.3, -0.25) is 4.57 Å². The predicted octanol–water partition coefficient (Wildman–Crippen LogP) is 3.19. The van der Waals surface area contributed by atoms with Crippen molar-refractivity contribution in [3.8, 4) is 5.69 Å². The lowest BCUT2D eigenvalue weighted by molar-refractivity contribution is 0.252. The third kappa shape index (κ3) is 4.52. The molecule has 0 saturated carbocycles. The summed E-state index contributed by atoms with van der Waals surface area (Å²) >= 11 is 0. The molecule has 27 heavy (non-hydrogen) atoms. The lowest BCUT2D eigenvalue weighted by Crippen LogP contribution is -2.30. The minimum absolute atomic E-state index is 0.218. The fraction of sp³-hybridized carbons (Fsp3) is 0.368. The van der Waals surface area contributed by atoms with Crippen LogP contribution in [0.2, 0.25) is 0 Å². The maximum absolute atomic E-state index is 12.3. The van der Waals surface area contributed by atoms with Gasteiger partial charge in [0.2, 0.25) is 0 Å². The van der Waals surface area contributed by atoms with E-state index in [1.54, 1.807) is 17.2 Å². The van der Waals surface area contributed by atoms with Gasteiger partial charge < -0.3 is 15.2 Å². The third-order valence-electron chi connectivity index (χ3n) is 4.51. The van der Waals surface area contributed by atoms with Crippen molar-refractivity contribution in [1.29, 1.82) is 0 Å². The van der Waals surface area contributed by atoms with E-state index in [2.05, 4.69) is 32.9 Å². The molecule has 142 valence electrons. The normalized spacial score (nSPS) is 10.8. The van der Waals surface area contributed by atoms with E-state index in [4.69, 9.17) is 4.52 Å². The van der Waals surface area contributed by atoms with Gasteiger partial charge in [0.15, 0.2) is 0 Å². The van der Waals surface area contributed by atoms with E-state index in [0.717, 1.165) is 53.2 Å². The van der Waals surface area contributed by atoms with Crippen molar-refractivity contribution in [2.75, 3.05) is 11.9 Å². The molecule has 0 radical (unpaired) electrons. The highest BCUT2D eigenvalue weighted by Gasteiger charge is 2.10. The summed E-state index contributed by atoms with van der Waals surface area (Å²) in [5, 5.41) is 17.4. The number of urea groups is 1. The summed E-state index contributed by atoms with van der Waals surface area (Å²) in [6, 6.07) is 5.69. The number of hydrogen-bond donors (Lipinski definition) is 2. The van der Waals surface area contributed by atoms with Crippen LogP contribution in [0.5, 0.6) is 0 Å². The van der Waals surface area contributed by atoms with Crippen LogP contribution in [-0.4, -0.2) is 32.5 Å². The molecule has 3 aromatic rings. The first kappa shape index (κ1) is 18.6. The van der Waals surface area contributed by atoms with Gasteiger partial charge in [0.25, 0.3) is 0 Å². The molecular weight excluding hydrogens is 344 g/mol. The minimum atomic E-state index is -0.218. The summed E-state index contributed by atoms with van der Waals surface area (Å²) in [7, 11) is 0. The first-order valence-electron chi connectivity index (χ1n) is 9.03. The minimum Gasteiger partial charge on any atom is -0.361 e. The first-order valence-corrected chi connectivity index (χ1v) is 9.03. The van der Waals surface area contributed by atoms with Crippen molar-refractivity contribution in [2.24, 2.45) is 0 Å². The second-order valence-electron chi connectivity index (χ2n) is 6.35. The number of carbonyl (C=O) groups excluding carboxylic acids is 1. The molecule has 0 spiro atoms. The smallest absolute Gasteiger partial charge is 0.319 e. The van der Waals surface area contributed by atoms with E-state index in [0.29, 0.717) is 6.54 Å². The molecule has 0 aliphatic heterocycles. The first-order chi connectivity index (χ1) is 13.1. The van der Waals surface area contributed by atoms with Crippen LogP contribution in [-0.2, 0) is 12.8 Å². The van der Waals surface area contributed by atoms with Gasteiger partial charge in [0, 0.05) is 17.8 Å². The maximum Gasteiger partial charge on any atom is 0.319 e. The number of anilines is 1. The van der Waals surface area contributed by atoms with Gasteiger partial charge in [-0.1, -0.05) is 18.1 Å². The van der Waals surface area contributed by atoms with Gasteiger partial charge in [-0.05, 0) is 50.8 Å². The summed E-state index contributed by atoms with van der Waals surface area (Å²) < 4.78 is 6.96. The molecule has 2 aromatic heterocycles. The van der Waals surface area contributed by atoms with E-state index in [1.165, 1.54) is 0 Å². The van der Waals surface area contributed by atoms with Crippen molar-refractivity contribution < 1.29 is 9.32 Å². The van der Waals surface area contributed by atoms with Gasteiger partial charge in [-0.2, -0.15) is 0 Å². The molecule has 0 saturated heterocycles. The monoisotopic (exact) mass is 368 g/mol. The highest BCUT2D eigenvalue weighted by molar-refractivity contribution is 5.90. The molecule has 2 heterocycles. The zero-order valence-corrected chi connectivity index (χ0v) is 15.8. The number of nitrogens with one attached hydrogen (secondary N) is 2. The molecule has 0 fully saturated rings. The molecule has 2 amide bonds. The van der Waals surface area contributed by atoms with E-state index >= 15 is 0 Å². The van der Waals surface area contributed by atoms with Crippen LogP contribution in [0.3, 0.4) is 0 Å². The SMILES string of the molecule is CCc1ccc(-n2cnnc2)cc1NC(=O)NCCCc1c(C)noc1C. The van der Waals surface area contributed by atoms with Crippen LogP contribution in [0, 0.1) is 13.8 Å². The molecule has 8 nitrogen and oxygen atoms in total. The molecule has 0 bridgehead atoms. The van der Waals surface area contributed by atoms with E-state index in [-0.39, 0.29) is 6.03 Å². The summed E-state index contributed by atoms with van der Waals surface area (Å²) in [6.45, 7) is 6.47. The third-order valence-corrected chi connectivity index (χ3v) is 4.51. The average Bonchev–Trinajstić information content (AvgIpc) is 3.30. The number of benzene rings is 1. The zero-order valence-electron chi connectivity index (χ0n) is 15.8. The van der Waals surface area contributed by atoms with Crippen molar-refractivity contribution in [3.05, 3.63) is 53.4 Å². The highest BCUT2D eigenvalue weighted by Crippen LogP contribution is 2.21. The zero-order chi connectivity index (χ0) is 19.2. The van der Waals surface area contributed by atoms with E-state index in [9.17, 15) is 4.79 Å². The Kier molecular flexibility index (Phi) is 5.85. The number of amides is 2. The summed E-state index contributed by atoms with van der Waals surface area (Å²) in [6.07, 6.45) is 5.71. The Morgan fingerprint density at radius 1 is 1.22 bits per heavy atom. The number of aromatic nitrogens is 4. The molecule has 0 aliphatic rings. The van der Waals surface area contributed by atoms with Gasteiger partial charge in [-0.15, -0.1) is 10.2 Å². The number of aryl methyl sites for hydroxylation is 3. The number of nitrogens with zero attached hydrogens (tertiary/aromatic N) is 4. The van der Waals surface area contributed by atoms with Crippen molar-refractivity contribution in [1.82, 2.24) is 25.2 Å². The van der Waals surface area contributed by atoms with E-state index in [1.807, 2.05) is 32.0 Å². The van der Waals surface area contributed by atoms with Crippen molar-refractivity contribution >= 4 is 11.7 Å². The van der Waals surface area contributed by atoms with Crippen LogP contribution >= 0.6 is 0 Å². The Bertz CT molecular complexity index is 882. The molecular formula is C19H24N6O2. The Balaban J connectivity index is 1.56. The topological polar surface area (TPSA) is 97.9 Å². The van der Waals surface area contributed by atoms with Crippen molar-refractivity contribution in [2.45, 2.75) is 40.0 Å². The van der Waals surface area contributed by atoms with Crippen LogP contribution in [0.4, 0.5) is 10.5 Å². The highest BCUT2D eigenvalue weighted by atomic mass is 16.5. The summed E-state index contributed by atoms with van der Waals surface area (Å²) in [5.41, 5.74) is 4.78. The fourth-order valence-corrected chi connectivity index (χ4v) is 2.98. The number of hydrogen-bond acceptors (Lipinski definition) is 5. The van der Waals surface area contributed by atoms with Crippen LogP contribution in [0.25, 0.3) is 5.69 Å². The quantitative estimate of drug-likeness (QED) is 0.624. The Morgan fingerprint density at radius 2 is 2.00 bits per heavy atom. The predicted molar refractivity (Wildman–Crippen MR) is 102 cm³/mol. The largest absolute Gasteiger partial charge is 0.361 e. The molecule has 3 rings (SSSR count). The average molecular weight is 368 g/mol. The summed E-state index contributed by atoms with van der Waals surface area (Å²) in [5.74, 6) is 0.843. The van der Waals surface area contributed by atoms with Crippen LogP contribution < -0.4 is 10.6 Å². The van der Waals surface area contributed by atoms with Gasteiger partial charge in [0.05, 0.1) is 11.4 Å². The fourth-order valence-electron chi connectivity index (χ4n) is 2.98. The Labute approximate surface area is 158 Å². The standard InChI is InChI=1S/C19H24N6O2/c1-4-15-7-8-16(25-11-21-22-12-25)10-18(15)23-19(26)20-9-5-6-17-13(2)24-27-14(17)3/h7-8,10-12H,4-6,9H2,1-3H3,(H2,20,23,26). The van der Waals surface area contributed by atoms with Crippen molar-refractivity contribution in [3.63, 3.8) is 0 Å². The summed E-state index contributed by atoms with van der Waals surface area (Å²) in [4.78, 5) is 12.3. The Morgan fingerprint density at radius 3 is 2.67 bits per heavy atom. The van der Waals surface area contributed by atoms with Gasteiger partial charge in [-0.25, -0.2) is 4.79 Å². The molecule has 0 atom stereocenters. The molecule has 8 heteroatoms.